The van der Waals surface area contributed by atoms with Gasteiger partial charge in [0.15, 0.2) is 0 Å². The fraction of sp³-hybridized carbons (Fsp3) is 0.273. The van der Waals surface area contributed by atoms with Gasteiger partial charge in [0.2, 0.25) is 5.91 Å². The van der Waals surface area contributed by atoms with Crippen LogP contribution >= 0.6 is 15.9 Å². The van der Waals surface area contributed by atoms with E-state index in [2.05, 4.69) is 36.4 Å². The van der Waals surface area contributed by atoms with E-state index >= 15 is 0 Å². The number of amides is 2. The molecular weight excluding hydrogens is 446 g/mol. The summed E-state index contributed by atoms with van der Waals surface area (Å²) in [6.07, 6.45) is 3.17. The Labute approximate surface area is 183 Å². The van der Waals surface area contributed by atoms with E-state index in [4.69, 9.17) is 0 Å². The molecule has 1 saturated heterocycles. The van der Waals surface area contributed by atoms with Crippen LogP contribution in [0.2, 0.25) is 0 Å². The lowest BCUT2D eigenvalue weighted by Gasteiger charge is -2.31. The number of aryl methyl sites for hydroxylation is 1. The van der Waals surface area contributed by atoms with Crippen LogP contribution in [0, 0.1) is 12.8 Å². The molecule has 2 amide bonds. The fourth-order valence-corrected chi connectivity index (χ4v) is 3.85. The van der Waals surface area contributed by atoms with Crippen molar-refractivity contribution in [1.82, 2.24) is 20.1 Å². The minimum absolute atomic E-state index is 0.102. The van der Waals surface area contributed by atoms with Crippen molar-refractivity contribution >= 4 is 33.6 Å². The second-order valence-electron chi connectivity index (χ2n) is 7.42. The van der Waals surface area contributed by atoms with Gasteiger partial charge in [0.25, 0.3) is 5.91 Å². The second-order valence-corrected chi connectivity index (χ2v) is 8.34. The summed E-state index contributed by atoms with van der Waals surface area (Å²) in [5, 5.41) is 10.0. The molecular formula is C22H22BrN5O2. The first-order chi connectivity index (χ1) is 14.5. The summed E-state index contributed by atoms with van der Waals surface area (Å²) >= 11 is 3.41. The molecule has 4 rings (SSSR count). The maximum Gasteiger partial charge on any atom is 0.271 e. The number of aromatic amines is 1. The first-order valence-corrected chi connectivity index (χ1v) is 10.6. The number of hydrogen-bond donors (Lipinski definition) is 2. The molecule has 1 aromatic carbocycles. The average Bonchev–Trinajstić information content (AvgIpc) is 3.25. The van der Waals surface area contributed by atoms with Crippen molar-refractivity contribution in [1.29, 1.82) is 0 Å². The second kappa shape index (κ2) is 8.79. The number of hydrogen-bond acceptors (Lipinski definition) is 4. The average molecular weight is 468 g/mol. The van der Waals surface area contributed by atoms with Gasteiger partial charge in [-0.25, -0.2) is 4.98 Å². The Morgan fingerprint density at radius 3 is 2.80 bits per heavy atom. The number of halogens is 1. The smallest absolute Gasteiger partial charge is 0.271 e. The number of aromatic nitrogens is 3. The number of anilines is 1. The van der Waals surface area contributed by atoms with Gasteiger partial charge in [0.05, 0.1) is 11.6 Å². The zero-order valence-corrected chi connectivity index (χ0v) is 18.1. The molecule has 1 aliphatic heterocycles. The Morgan fingerprint density at radius 1 is 1.23 bits per heavy atom. The molecule has 0 aliphatic carbocycles. The normalized spacial score (nSPS) is 16.3. The molecule has 154 valence electrons. The number of piperidine rings is 1. The monoisotopic (exact) mass is 467 g/mol. The lowest BCUT2D eigenvalue weighted by atomic mass is 9.96. The summed E-state index contributed by atoms with van der Waals surface area (Å²) in [6.45, 7) is 2.90. The van der Waals surface area contributed by atoms with E-state index in [1.807, 2.05) is 43.3 Å². The molecule has 0 radical (unpaired) electrons. The van der Waals surface area contributed by atoms with Crippen LogP contribution in [0.15, 0.2) is 53.1 Å². The first-order valence-electron chi connectivity index (χ1n) is 9.84. The molecule has 0 saturated carbocycles. The van der Waals surface area contributed by atoms with E-state index < -0.39 is 0 Å². The zero-order valence-electron chi connectivity index (χ0n) is 16.6. The highest BCUT2D eigenvalue weighted by Gasteiger charge is 2.30. The van der Waals surface area contributed by atoms with E-state index in [1.165, 1.54) is 0 Å². The van der Waals surface area contributed by atoms with Crippen molar-refractivity contribution in [3.05, 3.63) is 64.4 Å². The lowest BCUT2D eigenvalue weighted by Crippen LogP contribution is -2.44. The van der Waals surface area contributed by atoms with Crippen LogP contribution in [-0.2, 0) is 4.79 Å². The number of benzene rings is 1. The van der Waals surface area contributed by atoms with Gasteiger partial charge in [-0.2, -0.15) is 5.10 Å². The van der Waals surface area contributed by atoms with Crippen LogP contribution in [0.25, 0.3) is 11.3 Å². The summed E-state index contributed by atoms with van der Waals surface area (Å²) in [7, 11) is 0. The van der Waals surface area contributed by atoms with E-state index in [9.17, 15) is 9.59 Å². The first kappa shape index (κ1) is 20.3. The van der Waals surface area contributed by atoms with Gasteiger partial charge >= 0.3 is 0 Å². The molecule has 0 spiro atoms. The Morgan fingerprint density at radius 2 is 2.03 bits per heavy atom. The molecule has 3 aromatic rings. The standard InChI is InChI=1S/C22H22BrN5O2/c1-14-4-2-10-24-20(14)25-21(29)16-5-3-11-28(13-16)22(30)19-12-18(26-27-19)15-6-8-17(23)9-7-15/h2,4,6-10,12,16H,3,5,11,13H2,1H3,(H,26,27)(H,24,25,29). The fourth-order valence-electron chi connectivity index (χ4n) is 3.58. The van der Waals surface area contributed by atoms with Crippen molar-refractivity contribution in [2.24, 2.45) is 5.92 Å². The maximum atomic E-state index is 13.0. The number of H-pyrrole nitrogens is 1. The van der Waals surface area contributed by atoms with Gasteiger partial charge in [0, 0.05) is 29.3 Å². The molecule has 7 nitrogen and oxygen atoms in total. The zero-order chi connectivity index (χ0) is 21.1. The Balaban J connectivity index is 1.43. The van der Waals surface area contributed by atoms with Crippen LogP contribution < -0.4 is 5.32 Å². The highest BCUT2D eigenvalue weighted by Crippen LogP contribution is 2.23. The molecule has 3 heterocycles. The predicted molar refractivity (Wildman–Crippen MR) is 118 cm³/mol. The number of nitrogens with zero attached hydrogens (tertiary/aromatic N) is 3. The van der Waals surface area contributed by atoms with Crippen molar-refractivity contribution in [2.45, 2.75) is 19.8 Å². The number of nitrogens with one attached hydrogen (secondary N) is 2. The highest BCUT2D eigenvalue weighted by molar-refractivity contribution is 9.10. The summed E-state index contributed by atoms with van der Waals surface area (Å²) in [5.41, 5.74) is 2.97. The number of rotatable bonds is 4. The maximum absolute atomic E-state index is 13.0. The van der Waals surface area contributed by atoms with Gasteiger partial charge in [-0.1, -0.05) is 34.1 Å². The van der Waals surface area contributed by atoms with Crippen molar-refractivity contribution < 1.29 is 9.59 Å². The SMILES string of the molecule is Cc1cccnc1NC(=O)C1CCCN(C(=O)c2cc(-c3ccc(Br)cc3)n[nH]2)C1. The molecule has 8 heteroatoms. The van der Waals surface area contributed by atoms with Gasteiger partial charge in [0.1, 0.15) is 11.5 Å². The quantitative estimate of drug-likeness (QED) is 0.605. The lowest BCUT2D eigenvalue weighted by molar-refractivity contribution is -0.121. The minimum atomic E-state index is -0.266. The van der Waals surface area contributed by atoms with Crippen LogP contribution in [0.5, 0.6) is 0 Å². The van der Waals surface area contributed by atoms with Gasteiger partial charge in [-0.3, -0.25) is 14.7 Å². The van der Waals surface area contributed by atoms with Crippen molar-refractivity contribution in [3.63, 3.8) is 0 Å². The third kappa shape index (κ3) is 4.43. The number of carbonyl (C=O) groups is 2. The Kier molecular flexibility index (Phi) is 5.94. The van der Waals surface area contributed by atoms with E-state index in [-0.39, 0.29) is 17.7 Å². The topological polar surface area (TPSA) is 91.0 Å². The summed E-state index contributed by atoms with van der Waals surface area (Å²) < 4.78 is 0.983. The van der Waals surface area contributed by atoms with Crippen LogP contribution in [0.1, 0.15) is 28.9 Å². The molecule has 0 bridgehead atoms. The molecule has 1 atom stereocenters. The number of carbonyl (C=O) groups excluding carboxylic acids is 2. The van der Waals surface area contributed by atoms with Crippen LogP contribution in [0.4, 0.5) is 5.82 Å². The van der Waals surface area contributed by atoms with Crippen LogP contribution in [0.3, 0.4) is 0 Å². The Hall–Kier alpha value is -3.00. The van der Waals surface area contributed by atoms with Gasteiger partial charge in [-0.05, 0) is 49.6 Å². The van der Waals surface area contributed by atoms with Crippen molar-refractivity contribution in [3.8, 4) is 11.3 Å². The number of pyridine rings is 1. The summed E-state index contributed by atoms with van der Waals surface area (Å²) in [5.74, 6) is 0.0588. The highest BCUT2D eigenvalue weighted by atomic mass is 79.9. The van der Waals surface area contributed by atoms with Gasteiger partial charge < -0.3 is 10.2 Å². The third-order valence-electron chi connectivity index (χ3n) is 5.28. The Bertz CT molecular complexity index is 1060. The molecule has 30 heavy (non-hydrogen) atoms. The molecule has 1 fully saturated rings. The third-order valence-corrected chi connectivity index (χ3v) is 5.81. The van der Waals surface area contributed by atoms with E-state index in [1.54, 1.807) is 17.2 Å². The minimum Gasteiger partial charge on any atom is -0.337 e. The van der Waals surface area contributed by atoms with Gasteiger partial charge in [-0.15, -0.1) is 0 Å². The molecule has 2 N–H and O–H groups in total. The van der Waals surface area contributed by atoms with Crippen molar-refractivity contribution in [2.75, 3.05) is 18.4 Å². The van der Waals surface area contributed by atoms with E-state index in [0.717, 1.165) is 28.4 Å². The summed E-state index contributed by atoms with van der Waals surface area (Å²) in [6, 6.07) is 13.2. The number of likely N-dealkylation sites (tertiary alicyclic amines) is 1. The molecule has 1 unspecified atom stereocenters. The summed E-state index contributed by atoms with van der Waals surface area (Å²) in [4.78, 5) is 31.7. The molecule has 2 aromatic heterocycles. The van der Waals surface area contributed by atoms with E-state index in [0.29, 0.717) is 30.3 Å². The predicted octanol–water partition coefficient (Wildman–Crippen LogP) is 4.03. The largest absolute Gasteiger partial charge is 0.337 e. The molecule has 1 aliphatic rings. The van der Waals surface area contributed by atoms with Crippen LogP contribution in [-0.4, -0.2) is 45.0 Å².